The largest absolute Gasteiger partial charge is 0.497 e. The average Bonchev–Trinajstić information content (AvgIpc) is 3.19. The van der Waals surface area contributed by atoms with Crippen LogP contribution in [0.2, 0.25) is 0 Å². The Hall–Kier alpha value is -6.02. The van der Waals surface area contributed by atoms with Gasteiger partial charge < -0.3 is 19.9 Å². The molecule has 5 aromatic carbocycles. The summed E-state index contributed by atoms with van der Waals surface area (Å²) in [6, 6.07) is 41.1. The highest BCUT2D eigenvalue weighted by atomic mass is 31.2. The second-order valence-corrected chi connectivity index (χ2v) is 16.1. The van der Waals surface area contributed by atoms with Crippen molar-refractivity contribution in [2.45, 2.75) is 31.9 Å². The van der Waals surface area contributed by atoms with Crippen LogP contribution in [-0.2, 0) is 14.3 Å². The van der Waals surface area contributed by atoms with Crippen molar-refractivity contribution in [3.05, 3.63) is 163 Å². The summed E-state index contributed by atoms with van der Waals surface area (Å²) in [4.78, 5) is 56.8. The summed E-state index contributed by atoms with van der Waals surface area (Å²) in [6.45, 7) is 2.05. The average molecular weight is 741 g/mol. The maximum absolute atomic E-state index is 14.4. The number of carbonyl (C=O) groups excluding carboxylic acids is 4. The molecule has 3 atom stereocenters. The van der Waals surface area contributed by atoms with Gasteiger partial charge in [0.25, 0.3) is 5.91 Å². The third kappa shape index (κ3) is 7.55. The number of hydrogen-bond acceptors (Lipinski definition) is 7. The smallest absolute Gasteiger partial charge is 0.316 e. The second-order valence-electron chi connectivity index (χ2n) is 12.9. The van der Waals surface area contributed by atoms with E-state index >= 15 is 0 Å². The van der Waals surface area contributed by atoms with E-state index in [1.54, 1.807) is 49.6 Å². The Kier molecular flexibility index (Phi) is 11.7. The van der Waals surface area contributed by atoms with Gasteiger partial charge in [-0.1, -0.05) is 109 Å². The number of nitrogens with one attached hydrogen (secondary N) is 1. The van der Waals surface area contributed by atoms with Crippen LogP contribution in [-0.4, -0.2) is 58.4 Å². The molecule has 1 heterocycles. The summed E-state index contributed by atoms with van der Waals surface area (Å²) in [5.74, 6) is -2.18. The summed E-state index contributed by atoms with van der Waals surface area (Å²) < 4.78 is 11.6. The van der Waals surface area contributed by atoms with Crippen molar-refractivity contribution in [1.29, 1.82) is 0 Å². The van der Waals surface area contributed by atoms with Gasteiger partial charge >= 0.3 is 5.97 Å². The third-order valence-electron chi connectivity index (χ3n) is 9.42. The van der Waals surface area contributed by atoms with Crippen LogP contribution < -0.4 is 26.0 Å². The highest BCUT2D eigenvalue weighted by Gasteiger charge is 2.55. The summed E-state index contributed by atoms with van der Waals surface area (Å²) in [5.41, 5.74) is 1.17. The molecule has 2 amide bonds. The fraction of sp³-hybridized carbons (Fsp3) is 0.159. The van der Waals surface area contributed by atoms with Crippen LogP contribution in [0.3, 0.4) is 0 Å². The molecular formula is C44H41N2O7P. The van der Waals surface area contributed by atoms with Crippen LogP contribution in [0.1, 0.15) is 40.5 Å². The molecule has 274 valence electrons. The quantitative estimate of drug-likeness (QED) is 0.0476. The number of methoxy groups -OCH3 is 1. The number of benzene rings is 5. The maximum Gasteiger partial charge on any atom is 0.316 e. The minimum absolute atomic E-state index is 0.102. The number of β-lactam (4-membered cyclic amide) rings is 1. The van der Waals surface area contributed by atoms with E-state index in [0.29, 0.717) is 11.4 Å². The van der Waals surface area contributed by atoms with Gasteiger partial charge in [-0.25, -0.2) is 0 Å². The molecule has 0 saturated carbocycles. The topological polar surface area (TPSA) is 122 Å². The van der Waals surface area contributed by atoms with E-state index in [2.05, 4.69) is 11.9 Å². The summed E-state index contributed by atoms with van der Waals surface area (Å²) in [7, 11) is 1.56. The molecule has 1 fully saturated rings. The van der Waals surface area contributed by atoms with E-state index < -0.39 is 42.7 Å². The van der Waals surface area contributed by atoms with Gasteiger partial charge in [-0.05, 0) is 59.2 Å². The first-order valence-electron chi connectivity index (χ1n) is 17.5. The fourth-order valence-electron chi connectivity index (χ4n) is 6.84. The number of aliphatic hydroxyl groups excluding tert-OH is 1. The van der Waals surface area contributed by atoms with Crippen LogP contribution in [0.15, 0.2) is 152 Å². The van der Waals surface area contributed by atoms with E-state index in [4.69, 9.17) is 9.47 Å². The maximum atomic E-state index is 14.4. The second kappa shape index (κ2) is 16.8. The van der Waals surface area contributed by atoms with Crippen molar-refractivity contribution in [1.82, 2.24) is 4.90 Å². The predicted octanol–water partition coefficient (Wildman–Crippen LogP) is 5.93. The predicted molar refractivity (Wildman–Crippen MR) is 213 cm³/mol. The number of aliphatic hydroxyl groups is 1. The first kappa shape index (κ1) is 37.7. The molecule has 9 nitrogen and oxygen atoms in total. The van der Waals surface area contributed by atoms with E-state index in [0.717, 1.165) is 15.9 Å². The SMILES string of the molecule is C=CCC(=O)OC(N1C(=O)[C@H]([C@@H](C)O)[C@H]1CC(=O)c1cccc(C(=O)Nc2ccc(OC)cc2)c1)=P(c1ccccc1)(c1ccccc1)c1ccccc1. The normalized spacial score (nSPS) is 15.7. The first-order valence-corrected chi connectivity index (χ1v) is 19.3. The van der Waals surface area contributed by atoms with Crippen molar-refractivity contribution in [2.75, 3.05) is 12.4 Å². The lowest BCUT2D eigenvalue weighted by molar-refractivity contribution is -0.157. The fourth-order valence-corrected chi connectivity index (χ4v) is 11.1. The van der Waals surface area contributed by atoms with Crippen LogP contribution in [0, 0.1) is 5.92 Å². The Morgan fingerprint density at radius 1 is 0.815 bits per heavy atom. The van der Waals surface area contributed by atoms with Gasteiger partial charge in [0.1, 0.15) is 5.75 Å². The number of ether oxygens (including phenoxy) is 2. The standard InChI is InChI=1S/C44H41N2O7P/c1-4-15-40(49)53-44(54(35-18-8-5-9-19-35,36-20-10-6-11-21-36)37-22-12-7-13-23-37)46-38(41(30(2)47)43(46)51)29-39(48)31-16-14-17-32(28-31)42(50)45-33-24-26-34(52-3)27-25-33/h4-14,16-28,30,38,41,47H,1,15,29H2,2-3H3,(H,45,50)/t30-,38-,41-/m1/s1. The minimum atomic E-state index is -3.18. The van der Waals surface area contributed by atoms with Gasteiger partial charge in [0.05, 0.1) is 31.6 Å². The van der Waals surface area contributed by atoms with E-state index in [-0.39, 0.29) is 35.4 Å². The van der Waals surface area contributed by atoms with E-state index in [1.807, 2.05) is 91.0 Å². The molecule has 5 aromatic rings. The zero-order valence-corrected chi connectivity index (χ0v) is 30.9. The Morgan fingerprint density at radius 2 is 1.35 bits per heavy atom. The Balaban J connectivity index is 1.48. The number of anilines is 1. The lowest BCUT2D eigenvalue weighted by atomic mass is 9.80. The number of carbonyl (C=O) groups is 4. The molecule has 1 aliphatic heterocycles. The molecule has 1 aliphatic rings. The van der Waals surface area contributed by atoms with Crippen molar-refractivity contribution < 1.29 is 33.8 Å². The van der Waals surface area contributed by atoms with Gasteiger partial charge in [0.2, 0.25) is 11.5 Å². The molecule has 1 saturated heterocycles. The minimum Gasteiger partial charge on any atom is -0.497 e. The van der Waals surface area contributed by atoms with Crippen LogP contribution in [0.5, 0.6) is 5.75 Å². The van der Waals surface area contributed by atoms with Crippen molar-refractivity contribution in [3.63, 3.8) is 0 Å². The van der Waals surface area contributed by atoms with Crippen LogP contribution >= 0.6 is 6.89 Å². The van der Waals surface area contributed by atoms with Crippen molar-refractivity contribution in [3.8, 4) is 5.75 Å². The lowest BCUT2D eigenvalue weighted by Gasteiger charge is -2.50. The Morgan fingerprint density at radius 3 is 1.85 bits per heavy atom. The van der Waals surface area contributed by atoms with Gasteiger partial charge in [-0.3, -0.25) is 24.1 Å². The molecule has 0 spiro atoms. The molecular weight excluding hydrogens is 699 g/mol. The summed E-state index contributed by atoms with van der Waals surface area (Å²) in [5, 5.41) is 16.3. The molecule has 0 aromatic heterocycles. The van der Waals surface area contributed by atoms with Gasteiger partial charge in [0.15, 0.2) is 5.78 Å². The number of esters is 1. The van der Waals surface area contributed by atoms with E-state index in [1.165, 1.54) is 24.0 Å². The zero-order valence-electron chi connectivity index (χ0n) is 30.0. The molecule has 0 radical (unpaired) electrons. The number of likely N-dealkylation sites (tertiary alicyclic amines) is 1. The number of Topliss-reactive ketones (excluding diaryl/α,β-unsaturated/α-hetero) is 1. The summed E-state index contributed by atoms with van der Waals surface area (Å²) in [6.07, 6.45) is -0.0240. The number of rotatable bonds is 14. The van der Waals surface area contributed by atoms with Crippen LogP contribution in [0.25, 0.3) is 0 Å². The molecule has 0 aliphatic carbocycles. The Bertz CT molecular complexity index is 2100. The molecule has 0 bridgehead atoms. The molecule has 0 unspecified atom stereocenters. The van der Waals surface area contributed by atoms with Crippen molar-refractivity contribution in [2.24, 2.45) is 5.92 Å². The molecule has 6 rings (SSSR count). The first-order chi connectivity index (χ1) is 26.2. The number of amides is 2. The highest BCUT2D eigenvalue weighted by molar-refractivity contribution is 7.95. The number of hydrogen-bond donors (Lipinski definition) is 2. The lowest BCUT2D eigenvalue weighted by Crippen LogP contribution is -2.67. The number of ketones is 1. The summed E-state index contributed by atoms with van der Waals surface area (Å²) >= 11 is 0. The van der Waals surface area contributed by atoms with Gasteiger partial charge in [-0.2, -0.15) is 0 Å². The Labute approximate surface area is 314 Å². The van der Waals surface area contributed by atoms with Gasteiger partial charge in [-0.15, -0.1) is 6.58 Å². The van der Waals surface area contributed by atoms with Crippen LogP contribution in [0.4, 0.5) is 5.69 Å². The highest BCUT2D eigenvalue weighted by Crippen LogP contribution is 2.50. The molecule has 2 N–H and O–H groups in total. The third-order valence-corrected chi connectivity index (χ3v) is 13.5. The van der Waals surface area contributed by atoms with E-state index in [9.17, 15) is 24.3 Å². The van der Waals surface area contributed by atoms with Crippen molar-refractivity contribution >= 4 is 57.7 Å². The molecule has 54 heavy (non-hydrogen) atoms. The van der Waals surface area contributed by atoms with Gasteiger partial charge in [0, 0.05) is 30.1 Å². The zero-order chi connectivity index (χ0) is 38.2. The molecule has 10 heteroatoms. The monoisotopic (exact) mass is 740 g/mol. The number of nitrogens with zero attached hydrogens (tertiary/aromatic N) is 1.